The van der Waals surface area contributed by atoms with Crippen LogP contribution in [0.25, 0.3) is 0 Å². The maximum atomic E-state index is 4.36. The standard InChI is InChI=1S/C18H25N3/c1-14-12-20-21(13-14)11-10-19-17-16-7-5-4-6-15(16)8-9-18(17,2)3/h4-7,12-13,17,19H,8-11H2,1-3H3. The molecule has 21 heavy (non-hydrogen) atoms. The Bertz CT molecular complexity index is 612. The first-order valence-corrected chi connectivity index (χ1v) is 7.86. The van der Waals surface area contributed by atoms with Gasteiger partial charge >= 0.3 is 0 Å². The molecule has 1 aliphatic rings. The molecule has 3 nitrogen and oxygen atoms in total. The van der Waals surface area contributed by atoms with Gasteiger partial charge in [0.25, 0.3) is 0 Å². The Hall–Kier alpha value is -1.61. The van der Waals surface area contributed by atoms with Crippen molar-refractivity contribution in [2.75, 3.05) is 6.54 Å². The third-order valence-corrected chi connectivity index (χ3v) is 4.64. The number of nitrogens with zero attached hydrogens (tertiary/aromatic N) is 2. The van der Waals surface area contributed by atoms with Gasteiger partial charge < -0.3 is 5.32 Å². The quantitative estimate of drug-likeness (QED) is 0.931. The number of aromatic nitrogens is 2. The van der Waals surface area contributed by atoms with E-state index < -0.39 is 0 Å². The van der Waals surface area contributed by atoms with Gasteiger partial charge in [0.1, 0.15) is 0 Å². The second kappa shape index (κ2) is 5.64. The normalized spacial score (nSPS) is 20.2. The van der Waals surface area contributed by atoms with Crippen LogP contribution in [0.2, 0.25) is 0 Å². The van der Waals surface area contributed by atoms with Gasteiger partial charge in [-0.15, -0.1) is 0 Å². The Labute approximate surface area is 127 Å². The zero-order chi connectivity index (χ0) is 14.9. The van der Waals surface area contributed by atoms with Crippen LogP contribution in [0, 0.1) is 12.3 Å². The molecule has 1 atom stereocenters. The molecule has 0 amide bonds. The molecule has 1 aliphatic carbocycles. The van der Waals surface area contributed by atoms with Gasteiger partial charge in [-0.3, -0.25) is 4.68 Å². The van der Waals surface area contributed by atoms with E-state index in [2.05, 4.69) is 61.6 Å². The SMILES string of the molecule is Cc1cnn(CCNC2c3ccccc3CCC2(C)C)c1. The summed E-state index contributed by atoms with van der Waals surface area (Å²) < 4.78 is 2.02. The molecule has 1 aromatic carbocycles. The molecule has 0 spiro atoms. The highest BCUT2D eigenvalue weighted by atomic mass is 15.3. The van der Waals surface area contributed by atoms with E-state index in [1.54, 1.807) is 0 Å². The minimum absolute atomic E-state index is 0.300. The summed E-state index contributed by atoms with van der Waals surface area (Å²) in [5.41, 5.74) is 4.50. The molecule has 2 aromatic rings. The highest BCUT2D eigenvalue weighted by molar-refractivity contribution is 5.34. The van der Waals surface area contributed by atoms with Crippen LogP contribution in [0.15, 0.2) is 36.7 Å². The van der Waals surface area contributed by atoms with Crippen LogP contribution in [0.1, 0.15) is 43.0 Å². The third kappa shape index (κ3) is 3.03. The molecule has 1 aromatic heterocycles. The third-order valence-electron chi connectivity index (χ3n) is 4.64. The van der Waals surface area contributed by atoms with Crippen molar-refractivity contribution in [3.05, 3.63) is 53.3 Å². The molecular weight excluding hydrogens is 258 g/mol. The highest BCUT2D eigenvalue weighted by Crippen LogP contribution is 2.43. The number of fused-ring (bicyclic) bond motifs is 1. The first-order valence-electron chi connectivity index (χ1n) is 7.86. The Morgan fingerprint density at radius 1 is 1.33 bits per heavy atom. The van der Waals surface area contributed by atoms with E-state index in [9.17, 15) is 0 Å². The van der Waals surface area contributed by atoms with Crippen molar-refractivity contribution in [2.45, 2.75) is 46.2 Å². The number of nitrogens with one attached hydrogen (secondary N) is 1. The largest absolute Gasteiger partial charge is 0.308 e. The van der Waals surface area contributed by atoms with Gasteiger partial charge in [0.05, 0.1) is 12.7 Å². The Balaban J connectivity index is 1.70. The van der Waals surface area contributed by atoms with E-state index >= 15 is 0 Å². The molecule has 0 saturated heterocycles. The number of rotatable bonds is 4. The van der Waals surface area contributed by atoms with Crippen LogP contribution < -0.4 is 5.32 Å². The number of hydrogen-bond acceptors (Lipinski definition) is 2. The van der Waals surface area contributed by atoms with Crippen molar-refractivity contribution < 1.29 is 0 Å². The molecule has 0 fully saturated rings. The van der Waals surface area contributed by atoms with Crippen molar-refractivity contribution in [3.8, 4) is 0 Å². The van der Waals surface area contributed by atoms with Gasteiger partial charge in [0.15, 0.2) is 0 Å². The molecule has 0 saturated carbocycles. The van der Waals surface area contributed by atoms with Crippen molar-refractivity contribution in [1.82, 2.24) is 15.1 Å². The minimum Gasteiger partial charge on any atom is -0.308 e. The zero-order valence-corrected chi connectivity index (χ0v) is 13.3. The molecule has 1 heterocycles. The fourth-order valence-corrected chi connectivity index (χ4v) is 3.36. The molecule has 112 valence electrons. The second-order valence-corrected chi connectivity index (χ2v) is 6.86. The topological polar surface area (TPSA) is 29.9 Å². The lowest BCUT2D eigenvalue weighted by atomic mass is 9.70. The van der Waals surface area contributed by atoms with Crippen LogP contribution in [-0.4, -0.2) is 16.3 Å². The van der Waals surface area contributed by atoms with Gasteiger partial charge in [-0.1, -0.05) is 38.1 Å². The van der Waals surface area contributed by atoms with Crippen LogP contribution >= 0.6 is 0 Å². The van der Waals surface area contributed by atoms with E-state index in [0.717, 1.165) is 13.1 Å². The highest BCUT2D eigenvalue weighted by Gasteiger charge is 2.35. The van der Waals surface area contributed by atoms with Crippen LogP contribution in [-0.2, 0) is 13.0 Å². The summed E-state index contributed by atoms with van der Waals surface area (Å²) in [4.78, 5) is 0. The molecular formula is C18H25N3. The van der Waals surface area contributed by atoms with E-state index in [-0.39, 0.29) is 0 Å². The number of benzene rings is 1. The maximum absolute atomic E-state index is 4.36. The van der Waals surface area contributed by atoms with Gasteiger partial charge in [0, 0.05) is 18.8 Å². The predicted octanol–water partition coefficient (Wildman–Crippen LogP) is 3.49. The summed E-state index contributed by atoms with van der Waals surface area (Å²) in [6.07, 6.45) is 6.45. The van der Waals surface area contributed by atoms with Crippen LogP contribution in [0.5, 0.6) is 0 Å². The summed E-state index contributed by atoms with van der Waals surface area (Å²) in [5, 5.41) is 8.12. The van der Waals surface area contributed by atoms with Gasteiger partial charge in [-0.05, 0) is 41.9 Å². The smallest absolute Gasteiger partial charge is 0.0534 e. The first-order chi connectivity index (χ1) is 10.1. The summed E-state index contributed by atoms with van der Waals surface area (Å²) in [6, 6.07) is 9.30. The van der Waals surface area contributed by atoms with Crippen LogP contribution in [0.4, 0.5) is 0 Å². The van der Waals surface area contributed by atoms with Crippen molar-refractivity contribution in [1.29, 1.82) is 0 Å². The monoisotopic (exact) mass is 283 g/mol. The van der Waals surface area contributed by atoms with Gasteiger partial charge in [0.2, 0.25) is 0 Å². The van der Waals surface area contributed by atoms with Crippen molar-refractivity contribution in [2.24, 2.45) is 5.41 Å². The van der Waals surface area contributed by atoms with Crippen molar-refractivity contribution in [3.63, 3.8) is 0 Å². The van der Waals surface area contributed by atoms with E-state index in [0.29, 0.717) is 11.5 Å². The van der Waals surface area contributed by atoms with E-state index in [1.165, 1.54) is 29.5 Å². The average molecular weight is 283 g/mol. The molecule has 1 N–H and O–H groups in total. The molecule has 3 rings (SSSR count). The van der Waals surface area contributed by atoms with Gasteiger partial charge in [-0.25, -0.2) is 0 Å². The summed E-state index contributed by atoms with van der Waals surface area (Å²) >= 11 is 0. The van der Waals surface area contributed by atoms with Crippen LogP contribution in [0.3, 0.4) is 0 Å². The Morgan fingerprint density at radius 3 is 2.90 bits per heavy atom. The average Bonchev–Trinajstić information content (AvgIpc) is 2.87. The first kappa shape index (κ1) is 14.3. The summed E-state index contributed by atoms with van der Waals surface area (Å²) in [5.74, 6) is 0. The fourth-order valence-electron chi connectivity index (χ4n) is 3.36. The summed E-state index contributed by atoms with van der Waals surface area (Å²) in [7, 11) is 0. The van der Waals surface area contributed by atoms with Crippen molar-refractivity contribution >= 4 is 0 Å². The Morgan fingerprint density at radius 2 is 2.14 bits per heavy atom. The lowest BCUT2D eigenvalue weighted by Crippen LogP contribution is -2.39. The fraction of sp³-hybridized carbons (Fsp3) is 0.500. The lowest BCUT2D eigenvalue weighted by Gasteiger charge is -2.40. The predicted molar refractivity (Wildman–Crippen MR) is 86.3 cm³/mol. The van der Waals surface area contributed by atoms with E-state index in [1.807, 2.05) is 10.9 Å². The number of aryl methyl sites for hydroxylation is 2. The molecule has 0 aliphatic heterocycles. The lowest BCUT2D eigenvalue weighted by molar-refractivity contribution is 0.207. The second-order valence-electron chi connectivity index (χ2n) is 6.86. The zero-order valence-electron chi connectivity index (χ0n) is 13.3. The molecule has 3 heteroatoms. The van der Waals surface area contributed by atoms with E-state index in [4.69, 9.17) is 0 Å². The Kier molecular flexibility index (Phi) is 3.85. The van der Waals surface area contributed by atoms with Gasteiger partial charge in [-0.2, -0.15) is 5.10 Å². The molecule has 1 unspecified atom stereocenters. The summed E-state index contributed by atoms with van der Waals surface area (Å²) in [6.45, 7) is 8.70. The molecule has 0 bridgehead atoms. The maximum Gasteiger partial charge on any atom is 0.0534 e. The molecule has 0 radical (unpaired) electrons. The minimum atomic E-state index is 0.300. The number of hydrogen-bond donors (Lipinski definition) is 1.